The molecular weight excluding hydrogens is 336 g/mol. The van der Waals surface area contributed by atoms with Crippen molar-refractivity contribution in [1.29, 1.82) is 0 Å². The molecule has 0 radical (unpaired) electrons. The van der Waals surface area contributed by atoms with Crippen LogP contribution in [0.4, 0.5) is 10.5 Å². The highest BCUT2D eigenvalue weighted by atomic mass is 35.5. The van der Waals surface area contributed by atoms with Crippen molar-refractivity contribution in [2.45, 2.75) is 0 Å². The molecule has 3 N–H and O–H groups in total. The van der Waals surface area contributed by atoms with E-state index < -0.39 is 11.0 Å². The van der Waals surface area contributed by atoms with Crippen molar-refractivity contribution < 1.29 is 14.5 Å². The maximum atomic E-state index is 11.2. The van der Waals surface area contributed by atoms with E-state index in [9.17, 15) is 14.9 Å². The second-order valence-corrected chi connectivity index (χ2v) is 5.03. The summed E-state index contributed by atoms with van der Waals surface area (Å²) in [7, 11) is 1.34. The second-order valence-electron chi connectivity index (χ2n) is 4.59. The minimum absolute atomic E-state index is 0.108. The molecule has 0 saturated heterocycles. The van der Waals surface area contributed by atoms with E-state index in [-0.39, 0.29) is 17.1 Å². The molecule has 0 aliphatic heterocycles. The second kappa shape index (κ2) is 7.42. The van der Waals surface area contributed by atoms with Crippen molar-refractivity contribution in [2.24, 2.45) is 10.8 Å². The summed E-state index contributed by atoms with van der Waals surface area (Å²) in [5.74, 6) is 0.108. The Morgan fingerprint density at radius 1 is 1.29 bits per heavy atom. The van der Waals surface area contributed by atoms with Gasteiger partial charge in [0.2, 0.25) is 0 Å². The molecule has 9 heteroatoms. The molecule has 0 atom stereocenters. The maximum Gasteiger partial charge on any atom is 0.332 e. The molecule has 0 aliphatic carbocycles. The van der Waals surface area contributed by atoms with Crippen molar-refractivity contribution in [3.63, 3.8) is 0 Å². The third-order valence-corrected chi connectivity index (χ3v) is 3.26. The number of nitrogens with two attached hydrogens (primary N) is 1. The summed E-state index contributed by atoms with van der Waals surface area (Å²) in [6.45, 7) is 0. The standard InChI is InChI=1S/C15H13ClN4O4/c1-24-13-6-5-10(8-12(13)20(22)23)14(18-19-15(17)21)9-3-2-4-11(16)7-9/h2-8H,1H3,(H3,17,19,21)/b18-14-. The summed E-state index contributed by atoms with van der Waals surface area (Å²) >= 11 is 5.97. The van der Waals surface area contributed by atoms with Gasteiger partial charge in [0.25, 0.3) is 0 Å². The first kappa shape index (κ1) is 17.2. The smallest absolute Gasteiger partial charge is 0.332 e. The number of ether oxygens (including phenoxy) is 1. The number of carbonyl (C=O) groups excluding carboxylic acids is 1. The lowest BCUT2D eigenvalue weighted by molar-refractivity contribution is -0.385. The number of nitro benzene ring substituents is 1. The molecule has 0 aliphatic rings. The zero-order valence-electron chi connectivity index (χ0n) is 12.5. The number of amides is 2. The number of primary amides is 1. The first-order valence-electron chi connectivity index (χ1n) is 6.64. The van der Waals surface area contributed by atoms with Gasteiger partial charge >= 0.3 is 11.7 Å². The Balaban J connectivity index is 2.59. The van der Waals surface area contributed by atoms with Crippen LogP contribution in [0.5, 0.6) is 5.75 Å². The van der Waals surface area contributed by atoms with Crippen LogP contribution in [0.25, 0.3) is 0 Å². The molecule has 0 aromatic heterocycles. The van der Waals surface area contributed by atoms with Gasteiger partial charge in [-0.2, -0.15) is 5.10 Å². The maximum absolute atomic E-state index is 11.2. The molecule has 0 bridgehead atoms. The number of urea groups is 1. The third kappa shape index (κ3) is 3.99. The van der Waals surface area contributed by atoms with E-state index in [1.807, 2.05) is 0 Å². The lowest BCUT2D eigenvalue weighted by Crippen LogP contribution is -2.26. The van der Waals surface area contributed by atoms with Crippen molar-refractivity contribution in [1.82, 2.24) is 5.43 Å². The predicted octanol–water partition coefficient (Wildman–Crippen LogP) is 2.68. The van der Waals surface area contributed by atoms with Crippen molar-refractivity contribution in [3.05, 3.63) is 68.7 Å². The monoisotopic (exact) mass is 348 g/mol. The highest BCUT2D eigenvalue weighted by molar-refractivity contribution is 6.31. The van der Waals surface area contributed by atoms with Crippen molar-refractivity contribution in [2.75, 3.05) is 7.11 Å². The predicted molar refractivity (Wildman–Crippen MR) is 89.5 cm³/mol. The van der Waals surface area contributed by atoms with Crippen molar-refractivity contribution >= 4 is 29.0 Å². The molecule has 24 heavy (non-hydrogen) atoms. The van der Waals surface area contributed by atoms with Crippen LogP contribution in [-0.4, -0.2) is 23.8 Å². The molecule has 2 rings (SSSR count). The summed E-state index contributed by atoms with van der Waals surface area (Å²) in [5.41, 5.74) is 8.13. The highest BCUT2D eigenvalue weighted by Gasteiger charge is 2.18. The van der Waals surface area contributed by atoms with Gasteiger partial charge in [0.1, 0.15) is 0 Å². The average Bonchev–Trinajstić information content (AvgIpc) is 2.54. The van der Waals surface area contributed by atoms with Crippen LogP contribution in [-0.2, 0) is 0 Å². The molecule has 0 fully saturated rings. The van der Waals surface area contributed by atoms with Gasteiger partial charge in [0.15, 0.2) is 5.75 Å². The fourth-order valence-electron chi connectivity index (χ4n) is 2.02. The minimum Gasteiger partial charge on any atom is -0.490 e. The van der Waals surface area contributed by atoms with Crippen LogP contribution in [0.1, 0.15) is 11.1 Å². The quantitative estimate of drug-likeness (QED) is 0.490. The molecule has 2 amide bonds. The number of nitrogens with one attached hydrogen (secondary N) is 1. The average molecular weight is 349 g/mol. The van der Waals surface area contributed by atoms with Crippen LogP contribution in [0.3, 0.4) is 0 Å². The van der Waals surface area contributed by atoms with Crippen LogP contribution in [0, 0.1) is 10.1 Å². The third-order valence-electron chi connectivity index (χ3n) is 3.02. The van der Waals surface area contributed by atoms with Gasteiger partial charge in [-0.15, -0.1) is 0 Å². The van der Waals surface area contributed by atoms with Gasteiger partial charge in [-0.05, 0) is 24.3 Å². The summed E-state index contributed by atoms with van der Waals surface area (Å²) in [5, 5.41) is 15.6. The van der Waals surface area contributed by atoms with Crippen molar-refractivity contribution in [3.8, 4) is 5.75 Å². The number of nitrogens with zero attached hydrogens (tertiary/aromatic N) is 2. The first-order chi connectivity index (χ1) is 11.4. The number of hydrogen-bond donors (Lipinski definition) is 2. The molecule has 2 aromatic rings. The fourth-order valence-corrected chi connectivity index (χ4v) is 2.21. The van der Waals surface area contributed by atoms with E-state index in [1.165, 1.54) is 19.2 Å². The Bertz CT molecular complexity index is 823. The highest BCUT2D eigenvalue weighted by Crippen LogP contribution is 2.29. The largest absolute Gasteiger partial charge is 0.490 e. The normalized spacial score (nSPS) is 11.0. The molecule has 0 unspecified atom stereocenters. The molecule has 8 nitrogen and oxygen atoms in total. The number of carbonyl (C=O) groups is 1. The lowest BCUT2D eigenvalue weighted by atomic mass is 10.0. The topological polar surface area (TPSA) is 120 Å². The molecule has 0 spiro atoms. The molecule has 0 heterocycles. The van der Waals surface area contributed by atoms with E-state index in [0.29, 0.717) is 16.1 Å². The van der Waals surface area contributed by atoms with Gasteiger partial charge in [-0.1, -0.05) is 23.7 Å². The number of benzene rings is 2. The van der Waals surface area contributed by atoms with Crippen LogP contribution in [0.15, 0.2) is 47.6 Å². The Morgan fingerprint density at radius 2 is 2.00 bits per heavy atom. The first-order valence-corrected chi connectivity index (χ1v) is 7.02. The molecule has 124 valence electrons. The zero-order chi connectivity index (χ0) is 17.7. The van der Waals surface area contributed by atoms with Gasteiger partial charge in [0, 0.05) is 22.2 Å². The Morgan fingerprint density at radius 3 is 2.58 bits per heavy atom. The van der Waals surface area contributed by atoms with Crippen LogP contribution < -0.4 is 15.9 Å². The molecule has 0 saturated carbocycles. The number of rotatable bonds is 5. The minimum atomic E-state index is -0.863. The summed E-state index contributed by atoms with van der Waals surface area (Å²) in [4.78, 5) is 21.6. The number of halogens is 1. The molecular formula is C15H13ClN4O4. The fraction of sp³-hybridized carbons (Fsp3) is 0.0667. The Labute approximate surface area is 142 Å². The number of methoxy groups -OCH3 is 1. The summed E-state index contributed by atoms with van der Waals surface area (Å²) in [6.07, 6.45) is 0. The zero-order valence-corrected chi connectivity index (χ0v) is 13.3. The lowest BCUT2D eigenvalue weighted by Gasteiger charge is -2.09. The van der Waals surface area contributed by atoms with Gasteiger partial charge in [0.05, 0.1) is 17.7 Å². The van der Waals surface area contributed by atoms with Crippen LogP contribution >= 0.6 is 11.6 Å². The Hall–Kier alpha value is -3.13. The molecule has 2 aromatic carbocycles. The number of hydrogen-bond acceptors (Lipinski definition) is 5. The van der Waals surface area contributed by atoms with Gasteiger partial charge in [-0.25, -0.2) is 10.2 Å². The van der Waals surface area contributed by atoms with Gasteiger partial charge in [-0.3, -0.25) is 10.1 Å². The SMILES string of the molecule is COc1ccc(/C(=N\NC(N)=O)c2cccc(Cl)c2)cc1[N+](=O)[O-]. The van der Waals surface area contributed by atoms with E-state index >= 15 is 0 Å². The van der Waals surface area contributed by atoms with E-state index in [1.54, 1.807) is 30.3 Å². The number of hydrazone groups is 1. The van der Waals surface area contributed by atoms with E-state index in [2.05, 4.69) is 10.5 Å². The summed E-state index contributed by atoms with van der Waals surface area (Å²) < 4.78 is 4.97. The number of nitro groups is 1. The van der Waals surface area contributed by atoms with E-state index in [4.69, 9.17) is 22.1 Å². The Kier molecular flexibility index (Phi) is 5.33. The van der Waals surface area contributed by atoms with Gasteiger partial charge < -0.3 is 10.5 Å². The van der Waals surface area contributed by atoms with Crippen LogP contribution in [0.2, 0.25) is 5.02 Å². The summed E-state index contributed by atoms with van der Waals surface area (Å²) in [6, 6.07) is 10.1. The van der Waals surface area contributed by atoms with E-state index in [0.717, 1.165) is 0 Å².